The Morgan fingerprint density at radius 2 is 1.59 bits per heavy atom. The van der Waals surface area contributed by atoms with Crippen LogP contribution in [0.5, 0.6) is 0 Å². The maximum absolute atomic E-state index is 12.7. The summed E-state index contributed by atoms with van der Waals surface area (Å²) in [4.78, 5) is 23.2. The molecule has 0 aliphatic carbocycles. The molecule has 0 aliphatic heterocycles. The number of para-hydroxylation sites is 1. The van der Waals surface area contributed by atoms with E-state index in [1.54, 1.807) is 6.07 Å². The van der Waals surface area contributed by atoms with Gasteiger partial charge in [0.2, 0.25) is 5.91 Å². The van der Waals surface area contributed by atoms with Crippen molar-refractivity contribution in [2.24, 2.45) is 0 Å². The average Bonchev–Trinajstić information content (AvgIpc) is 3.37. The van der Waals surface area contributed by atoms with Crippen LogP contribution in [0.1, 0.15) is 93.8 Å². The van der Waals surface area contributed by atoms with Crippen LogP contribution in [0.4, 0.5) is 5.82 Å². The highest BCUT2D eigenvalue weighted by Crippen LogP contribution is 2.19. The molecular weight excluding hydrogens is 486 g/mol. The van der Waals surface area contributed by atoms with Crippen LogP contribution < -0.4 is 5.32 Å². The fraction of sp³-hybridized carbons (Fsp3) is 0.484. The van der Waals surface area contributed by atoms with Crippen LogP contribution >= 0.6 is 0 Å². The lowest BCUT2D eigenvalue weighted by Crippen LogP contribution is -2.16. The quantitative estimate of drug-likeness (QED) is 0.169. The summed E-state index contributed by atoms with van der Waals surface area (Å²) >= 11 is 0. The van der Waals surface area contributed by atoms with Gasteiger partial charge in [-0.1, -0.05) is 82.9 Å². The Hall–Kier alpha value is -3.68. The zero-order valence-corrected chi connectivity index (χ0v) is 23.6. The van der Waals surface area contributed by atoms with Crippen molar-refractivity contribution < 1.29 is 4.79 Å². The monoisotopic (exact) mass is 527 g/mol. The third-order valence-corrected chi connectivity index (χ3v) is 7.06. The van der Waals surface area contributed by atoms with E-state index in [0.29, 0.717) is 17.3 Å². The Kier molecular flexibility index (Phi) is 10.5. The Bertz CT molecular complexity index is 1360. The van der Waals surface area contributed by atoms with Gasteiger partial charge < -0.3 is 5.32 Å². The molecule has 8 heteroatoms. The maximum Gasteiger partial charge on any atom is 0.233 e. The van der Waals surface area contributed by atoms with Crippen molar-refractivity contribution in [1.29, 1.82) is 0 Å². The number of aryl methyl sites for hydroxylation is 3. The van der Waals surface area contributed by atoms with Gasteiger partial charge >= 0.3 is 0 Å². The standard InChI is InChI=1S/C31H41N7O/c1-4-5-6-7-8-9-10-11-12-13-16-25-17-14-15-18-27(25)38-36-29(35-37-38)22-30(39)33-28-20-19-26-23(2)21-24(3)32-31(26)34-28/h14-15,17-21H,4-13,16,22H2,1-3H3,(H,32,33,34,39). The lowest BCUT2D eigenvalue weighted by atomic mass is 10.0. The molecule has 0 unspecified atom stereocenters. The van der Waals surface area contributed by atoms with E-state index in [-0.39, 0.29) is 12.3 Å². The fourth-order valence-corrected chi connectivity index (χ4v) is 4.97. The number of benzene rings is 1. The molecule has 0 atom stereocenters. The topological polar surface area (TPSA) is 98.5 Å². The smallest absolute Gasteiger partial charge is 0.233 e. The predicted molar refractivity (Wildman–Crippen MR) is 156 cm³/mol. The fourth-order valence-electron chi connectivity index (χ4n) is 4.97. The third-order valence-electron chi connectivity index (χ3n) is 7.06. The minimum atomic E-state index is -0.246. The first-order chi connectivity index (χ1) is 19.0. The van der Waals surface area contributed by atoms with Gasteiger partial charge in [-0.3, -0.25) is 4.79 Å². The molecule has 0 spiro atoms. The van der Waals surface area contributed by atoms with E-state index in [0.717, 1.165) is 35.2 Å². The number of rotatable bonds is 15. The lowest BCUT2D eigenvalue weighted by molar-refractivity contribution is -0.115. The van der Waals surface area contributed by atoms with E-state index in [2.05, 4.69) is 49.8 Å². The molecule has 4 aromatic rings. The summed E-state index contributed by atoms with van der Waals surface area (Å²) in [5.41, 5.74) is 4.74. The van der Waals surface area contributed by atoms with Crippen LogP contribution in [-0.2, 0) is 17.6 Å². The van der Waals surface area contributed by atoms with Gasteiger partial charge in [0, 0.05) is 11.1 Å². The van der Waals surface area contributed by atoms with Crippen LogP contribution in [0.25, 0.3) is 16.7 Å². The van der Waals surface area contributed by atoms with Gasteiger partial charge in [0.05, 0.1) is 12.1 Å². The van der Waals surface area contributed by atoms with Crippen molar-refractivity contribution in [2.75, 3.05) is 5.32 Å². The minimum absolute atomic E-state index is 0.0145. The molecule has 0 radical (unpaired) electrons. The molecular formula is C31H41N7O. The number of nitrogens with one attached hydrogen (secondary N) is 1. The minimum Gasteiger partial charge on any atom is -0.310 e. The predicted octanol–water partition coefficient (Wildman–Crippen LogP) is 6.87. The van der Waals surface area contributed by atoms with E-state index >= 15 is 0 Å². The van der Waals surface area contributed by atoms with Crippen molar-refractivity contribution in [3.63, 3.8) is 0 Å². The first-order valence-electron chi connectivity index (χ1n) is 14.5. The second-order valence-electron chi connectivity index (χ2n) is 10.4. The Morgan fingerprint density at radius 3 is 2.36 bits per heavy atom. The van der Waals surface area contributed by atoms with Gasteiger partial charge in [-0.2, -0.15) is 0 Å². The number of hydrogen-bond donors (Lipinski definition) is 1. The molecule has 0 saturated carbocycles. The van der Waals surface area contributed by atoms with E-state index in [1.165, 1.54) is 68.1 Å². The van der Waals surface area contributed by atoms with Gasteiger partial charge in [0.1, 0.15) is 5.82 Å². The van der Waals surface area contributed by atoms with Crippen molar-refractivity contribution in [1.82, 2.24) is 30.2 Å². The molecule has 1 N–H and O–H groups in total. The molecule has 1 amide bonds. The first kappa shape index (κ1) is 28.3. The van der Waals surface area contributed by atoms with E-state index in [9.17, 15) is 4.79 Å². The molecule has 3 heterocycles. The Balaban J connectivity index is 1.27. The number of carbonyl (C=O) groups is 1. The largest absolute Gasteiger partial charge is 0.310 e. The number of carbonyl (C=O) groups excluding carboxylic acids is 1. The van der Waals surface area contributed by atoms with Crippen molar-refractivity contribution in [2.45, 2.75) is 97.8 Å². The van der Waals surface area contributed by atoms with Gasteiger partial charge in [-0.15, -0.1) is 15.0 Å². The molecule has 8 nitrogen and oxygen atoms in total. The molecule has 0 fully saturated rings. The Morgan fingerprint density at radius 1 is 0.872 bits per heavy atom. The van der Waals surface area contributed by atoms with Crippen LogP contribution in [-0.4, -0.2) is 36.1 Å². The molecule has 1 aromatic carbocycles. The molecule has 3 aromatic heterocycles. The summed E-state index contributed by atoms with van der Waals surface area (Å²) in [6.07, 6.45) is 14.2. The Labute approximate surface area is 231 Å². The molecule has 39 heavy (non-hydrogen) atoms. The zero-order chi connectivity index (χ0) is 27.5. The number of aromatic nitrogens is 6. The van der Waals surface area contributed by atoms with Gasteiger partial charge in [-0.25, -0.2) is 9.97 Å². The molecule has 206 valence electrons. The lowest BCUT2D eigenvalue weighted by Gasteiger charge is -2.08. The number of fused-ring (bicyclic) bond motifs is 1. The van der Waals surface area contributed by atoms with Gasteiger partial charge in [0.25, 0.3) is 0 Å². The average molecular weight is 528 g/mol. The second kappa shape index (κ2) is 14.5. The number of tetrazole rings is 1. The number of anilines is 1. The number of amides is 1. The molecule has 0 aliphatic rings. The number of unbranched alkanes of at least 4 members (excludes halogenated alkanes) is 9. The van der Waals surface area contributed by atoms with Crippen LogP contribution in [0.15, 0.2) is 42.5 Å². The third kappa shape index (κ3) is 8.40. The zero-order valence-electron chi connectivity index (χ0n) is 23.6. The second-order valence-corrected chi connectivity index (χ2v) is 10.4. The summed E-state index contributed by atoms with van der Waals surface area (Å²) in [6.45, 7) is 6.23. The first-order valence-corrected chi connectivity index (χ1v) is 14.5. The number of pyridine rings is 2. The number of nitrogens with zero attached hydrogens (tertiary/aromatic N) is 6. The van der Waals surface area contributed by atoms with E-state index in [1.807, 2.05) is 38.1 Å². The van der Waals surface area contributed by atoms with Gasteiger partial charge in [-0.05, 0) is 67.3 Å². The highest BCUT2D eigenvalue weighted by Gasteiger charge is 2.13. The van der Waals surface area contributed by atoms with Crippen molar-refractivity contribution in [3.05, 3.63) is 65.1 Å². The highest BCUT2D eigenvalue weighted by molar-refractivity contribution is 5.92. The highest BCUT2D eigenvalue weighted by atomic mass is 16.1. The van der Waals surface area contributed by atoms with Crippen LogP contribution in [0, 0.1) is 13.8 Å². The molecule has 0 saturated heterocycles. The number of hydrogen-bond acceptors (Lipinski definition) is 6. The van der Waals surface area contributed by atoms with Crippen LogP contribution in [0.2, 0.25) is 0 Å². The van der Waals surface area contributed by atoms with Crippen LogP contribution in [0.3, 0.4) is 0 Å². The molecule has 4 rings (SSSR count). The summed E-state index contributed by atoms with van der Waals surface area (Å²) in [5.74, 6) is 0.579. The summed E-state index contributed by atoms with van der Waals surface area (Å²) < 4.78 is 0. The maximum atomic E-state index is 12.7. The van der Waals surface area contributed by atoms with E-state index < -0.39 is 0 Å². The van der Waals surface area contributed by atoms with Gasteiger partial charge in [0.15, 0.2) is 11.5 Å². The normalized spacial score (nSPS) is 11.3. The van der Waals surface area contributed by atoms with Crippen molar-refractivity contribution in [3.8, 4) is 5.69 Å². The summed E-state index contributed by atoms with van der Waals surface area (Å²) in [5, 5.41) is 16.7. The van der Waals surface area contributed by atoms with Crippen molar-refractivity contribution >= 4 is 22.8 Å². The summed E-state index contributed by atoms with van der Waals surface area (Å²) in [6, 6.07) is 13.9. The SMILES string of the molecule is CCCCCCCCCCCCc1ccccc1-n1nnc(CC(=O)Nc2ccc3c(C)cc(C)nc3n2)n1. The summed E-state index contributed by atoms with van der Waals surface area (Å²) in [7, 11) is 0. The van der Waals surface area contributed by atoms with E-state index in [4.69, 9.17) is 0 Å². The molecule has 0 bridgehead atoms.